The third-order valence-electron chi connectivity index (χ3n) is 4.59. The molecule has 3 N–H and O–H groups in total. The lowest BCUT2D eigenvalue weighted by molar-refractivity contribution is 0.0936. The van der Waals surface area contributed by atoms with Gasteiger partial charge in [-0.1, -0.05) is 34.1 Å². The van der Waals surface area contributed by atoms with E-state index in [9.17, 15) is 14.3 Å². The van der Waals surface area contributed by atoms with Gasteiger partial charge in [-0.25, -0.2) is 9.37 Å². The van der Waals surface area contributed by atoms with E-state index in [-0.39, 0.29) is 17.0 Å². The quantitative estimate of drug-likeness (QED) is 0.406. The molecule has 2 heterocycles. The molecule has 1 amide bonds. The number of pyridine rings is 1. The summed E-state index contributed by atoms with van der Waals surface area (Å²) < 4.78 is 14.7. The number of para-hydroxylation sites is 1. The first-order valence-corrected chi connectivity index (χ1v) is 9.71. The van der Waals surface area contributed by atoms with E-state index in [2.05, 4.69) is 31.2 Å². The van der Waals surface area contributed by atoms with Crippen LogP contribution in [0.1, 0.15) is 33.5 Å². The van der Waals surface area contributed by atoms with Gasteiger partial charge in [-0.15, -0.1) is 0 Å². The monoisotopic (exact) mass is 453 g/mol. The molecule has 0 aliphatic carbocycles. The lowest BCUT2D eigenvalue weighted by Gasteiger charge is -2.19. The van der Waals surface area contributed by atoms with Crippen molar-refractivity contribution >= 4 is 32.7 Å². The summed E-state index contributed by atoms with van der Waals surface area (Å²) in [5.41, 5.74) is 2.63. The predicted molar refractivity (Wildman–Crippen MR) is 112 cm³/mol. The molecule has 0 radical (unpaired) electrons. The summed E-state index contributed by atoms with van der Waals surface area (Å²) in [6.07, 6.45) is 0. The fraction of sp³-hybridized carbons (Fsp3) is 0.0909. The molecule has 7 heteroatoms. The summed E-state index contributed by atoms with van der Waals surface area (Å²) in [5, 5.41) is 14.2. The highest BCUT2D eigenvalue weighted by Gasteiger charge is 2.24. The summed E-state index contributed by atoms with van der Waals surface area (Å²) in [6.45, 7) is 1.79. The highest BCUT2D eigenvalue weighted by molar-refractivity contribution is 9.10. The molecule has 4 rings (SSSR count). The number of amides is 1. The molecule has 0 aliphatic heterocycles. The minimum absolute atomic E-state index is 0.117. The Morgan fingerprint density at radius 2 is 1.97 bits per heavy atom. The van der Waals surface area contributed by atoms with Gasteiger partial charge < -0.3 is 15.4 Å². The molecule has 1 atom stereocenters. The summed E-state index contributed by atoms with van der Waals surface area (Å²) in [4.78, 5) is 20.4. The molecule has 4 aromatic rings. The number of aromatic hydroxyl groups is 1. The fourth-order valence-electron chi connectivity index (χ4n) is 3.28. The Hall–Kier alpha value is -3.19. The van der Waals surface area contributed by atoms with Gasteiger partial charge in [0.15, 0.2) is 0 Å². The topological polar surface area (TPSA) is 78.0 Å². The second-order valence-electron chi connectivity index (χ2n) is 6.73. The van der Waals surface area contributed by atoms with Crippen LogP contribution < -0.4 is 5.32 Å². The van der Waals surface area contributed by atoms with E-state index in [0.29, 0.717) is 11.4 Å². The Balaban J connectivity index is 1.79. The molecular formula is C22H17BrFN3O2. The van der Waals surface area contributed by atoms with Gasteiger partial charge in [-0.05, 0) is 54.8 Å². The number of aromatic amines is 1. The number of nitrogens with zero attached hydrogens (tertiary/aromatic N) is 1. The van der Waals surface area contributed by atoms with Crippen LogP contribution in [0.2, 0.25) is 0 Å². The highest BCUT2D eigenvalue weighted by atomic mass is 79.9. The van der Waals surface area contributed by atoms with Gasteiger partial charge in [0.1, 0.15) is 17.3 Å². The minimum Gasteiger partial charge on any atom is -0.508 e. The fourth-order valence-corrected chi connectivity index (χ4v) is 3.83. The van der Waals surface area contributed by atoms with E-state index >= 15 is 0 Å². The number of H-pyrrole nitrogens is 1. The zero-order valence-corrected chi connectivity index (χ0v) is 17.0. The first-order chi connectivity index (χ1) is 13.9. The maximum Gasteiger partial charge on any atom is 0.270 e. The van der Waals surface area contributed by atoms with Crippen LogP contribution in [0.5, 0.6) is 5.75 Å². The molecular weight excluding hydrogens is 437 g/mol. The van der Waals surface area contributed by atoms with Crippen LogP contribution >= 0.6 is 15.9 Å². The molecule has 0 saturated heterocycles. The average Bonchev–Trinajstić information content (AvgIpc) is 3.11. The number of phenolic OH excluding ortho intramolecular Hbond substituents is 1. The molecule has 29 heavy (non-hydrogen) atoms. The Labute approximate surface area is 174 Å². The summed E-state index contributed by atoms with van der Waals surface area (Å²) >= 11 is 3.37. The molecule has 2 aromatic carbocycles. The lowest BCUT2D eigenvalue weighted by Crippen LogP contribution is -2.30. The molecule has 0 spiro atoms. The van der Waals surface area contributed by atoms with Crippen LogP contribution in [0, 0.1) is 12.7 Å². The van der Waals surface area contributed by atoms with Gasteiger partial charge in [0.25, 0.3) is 5.91 Å². The zero-order chi connectivity index (χ0) is 20.5. The number of hydrogen-bond donors (Lipinski definition) is 3. The molecule has 0 bridgehead atoms. The number of phenols is 1. The van der Waals surface area contributed by atoms with Crippen molar-refractivity contribution < 1.29 is 14.3 Å². The molecule has 5 nitrogen and oxygen atoms in total. The van der Waals surface area contributed by atoms with Gasteiger partial charge >= 0.3 is 0 Å². The molecule has 0 aliphatic rings. The largest absolute Gasteiger partial charge is 0.508 e. The summed E-state index contributed by atoms with van der Waals surface area (Å²) in [7, 11) is 0. The van der Waals surface area contributed by atoms with Gasteiger partial charge in [0.2, 0.25) is 0 Å². The third kappa shape index (κ3) is 4.00. The number of aromatic nitrogens is 2. The minimum atomic E-state index is -0.799. The number of benzene rings is 2. The Kier molecular flexibility index (Phi) is 5.07. The van der Waals surface area contributed by atoms with Crippen LogP contribution in [-0.4, -0.2) is 21.0 Å². The number of nitrogens with one attached hydrogen (secondary N) is 2. The summed E-state index contributed by atoms with van der Waals surface area (Å²) in [5.74, 6) is -1.07. The maximum atomic E-state index is 13.9. The second kappa shape index (κ2) is 7.67. The van der Waals surface area contributed by atoms with Gasteiger partial charge in [-0.3, -0.25) is 4.79 Å². The smallest absolute Gasteiger partial charge is 0.270 e. The van der Waals surface area contributed by atoms with Gasteiger partial charge in [0, 0.05) is 26.9 Å². The zero-order valence-electron chi connectivity index (χ0n) is 15.4. The summed E-state index contributed by atoms with van der Waals surface area (Å²) in [6, 6.07) is 15.8. The molecule has 1 unspecified atom stereocenters. The number of halogens is 2. The Morgan fingerprint density at radius 3 is 2.72 bits per heavy atom. The Morgan fingerprint density at radius 1 is 1.17 bits per heavy atom. The SMILES string of the molecule is Cc1cc(Br)cc(C(=O)NC(c2cc3ccccc3[nH]2)c2cc(F)ccc2O)n1. The van der Waals surface area contributed by atoms with E-state index in [1.165, 1.54) is 18.2 Å². The first kappa shape index (κ1) is 19.1. The van der Waals surface area contributed by atoms with Crippen molar-refractivity contribution in [2.24, 2.45) is 0 Å². The number of carbonyl (C=O) groups is 1. The molecule has 0 fully saturated rings. The van der Waals surface area contributed by atoms with E-state index in [0.717, 1.165) is 15.4 Å². The first-order valence-electron chi connectivity index (χ1n) is 8.92. The number of rotatable bonds is 4. The third-order valence-corrected chi connectivity index (χ3v) is 5.05. The number of fused-ring (bicyclic) bond motifs is 1. The van der Waals surface area contributed by atoms with Crippen molar-refractivity contribution in [3.05, 3.63) is 93.6 Å². The van der Waals surface area contributed by atoms with E-state index < -0.39 is 17.8 Å². The van der Waals surface area contributed by atoms with Crippen LogP contribution in [0.3, 0.4) is 0 Å². The van der Waals surface area contributed by atoms with Gasteiger partial charge in [-0.2, -0.15) is 0 Å². The molecule has 146 valence electrons. The molecule has 2 aromatic heterocycles. The van der Waals surface area contributed by atoms with Crippen molar-refractivity contribution in [1.29, 1.82) is 0 Å². The number of hydrogen-bond acceptors (Lipinski definition) is 3. The molecule has 0 saturated carbocycles. The maximum absolute atomic E-state index is 13.9. The van der Waals surface area contributed by atoms with E-state index in [1.54, 1.807) is 19.1 Å². The predicted octanol–water partition coefficient (Wildman–Crippen LogP) is 5.00. The van der Waals surface area contributed by atoms with Crippen molar-refractivity contribution in [3.63, 3.8) is 0 Å². The van der Waals surface area contributed by atoms with Crippen molar-refractivity contribution in [1.82, 2.24) is 15.3 Å². The van der Waals surface area contributed by atoms with Crippen molar-refractivity contribution in [2.45, 2.75) is 13.0 Å². The van der Waals surface area contributed by atoms with Gasteiger partial charge in [0.05, 0.1) is 6.04 Å². The van der Waals surface area contributed by atoms with Crippen LogP contribution in [0.4, 0.5) is 4.39 Å². The van der Waals surface area contributed by atoms with Crippen LogP contribution in [-0.2, 0) is 0 Å². The number of aryl methyl sites for hydroxylation is 1. The Bertz CT molecular complexity index is 1170. The van der Waals surface area contributed by atoms with Crippen LogP contribution in [0.15, 0.2) is 65.1 Å². The van der Waals surface area contributed by atoms with Crippen LogP contribution in [0.25, 0.3) is 10.9 Å². The van der Waals surface area contributed by atoms with Crippen molar-refractivity contribution in [3.8, 4) is 5.75 Å². The average molecular weight is 454 g/mol. The number of carbonyl (C=O) groups excluding carboxylic acids is 1. The van der Waals surface area contributed by atoms with Crippen molar-refractivity contribution in [2.75, 3.05) is 0 Å². The lowest BCUT2D eigenvalue weighted by atomic mass is 10.0. The highest BCUT2D eigenvalue weighted by Crippen LogP contribution is 2.31. The standard InChI is InChI=1S/C22H17BrFN3O2/c1-12-8-14(23)10-19(25-12)22(29)27-21(16-11-15(24)6-7-20(16)28)18-9-13-4-2-3-5-17(13)26-18/h2-11,21,26,28H,1H3,(H,27,29). The van der Waals surface area contributed by atoms with E-state index in [4.69, 9.17) is 0 Å². The second-order valence-corrected chi connectivity index (χ2v) is 7.65. The normalized spacial score (nSPS) is 12.1. The van der Waals surface area contributed by atoms with E-state index in [1.807, 2.05) is 30.3 Å².